The largest absolute Gasteiger partial charge is 0.309 e. The van der Waals surface area contributed by atoms with Crippen LogP contribution >= 0.6 is 17.0 Å². The summed E-state index contributed by atoms with van der Waals surface area (Å²) in [6, 6.07) is 7.85. The van der Waals surface area contributed by atoms with Gasteiger partial charge in [-0.1, -0.05) is 23.8 Å². The summed E-state index contributed by atoms with van der Waals surface area (Å²) in [7, 11) is 8.02. The molecular weight excluding hydrogens is 304 g/mol. The molecule has 0 radical (unpaired) electrons. The maximum Gasteiger partial charge on any atom is 0.168 e. The number of hydrogen-bond acceptors (Lipinski definition) is 3. The zero-order valence-corrected chi connectivity index (χ0v) is 14.2. The molecule has 0 bridgehead atoms. The minimum absolute atomic E-state index is 0. The average Bonchev–Trinajstić information content (AvgIpc) is 2.26. The van der Waals surface area contributed by atoms with Gasteiger partial charge in [0.2, 0.25) is 0 Å². The molecule has 1 aromatic rings. The lowest BCUT2D eigenvalue weighted by molar-refractivity contribution is 0.0870. The second-order valence-corrected chi connectivity index (χ2v) is 5.46. The first-order valence-corrected chi connectivity index (χ1v) is 6.30. The average molecular weight is 329 g/mol. The van der Waals surface area contributed by atoms with E-state index >= 15 is 0 Å². The van der Waals surface area contributed by atoms with Crippen LogP contribution < -0.4 is 0 Å². The highest BCUT2D eigenvalue weighted by molar-refractivity contribution is 8.93. The van der Waals surface area contributed by atoms with E-state index in [0.717, 1.165) is 24.2 Å². The second-order valence-electron chi connectivity index (χ2n) is 5.46. The molecule has 1 aromatic carbocycles. The highest BCUT2D eigenvalue weighted by atomic mass is 79.9. The van der Waals surface area contributed by atoms with Crippen LogP contribution in [0, 0.1) is 12.8 Å². The Balaban J connectivity index is 0.00000324. The molecule has 1 rings (SSSR count). The van der Waals surface area contributed by atoms with Crippen molar-refractivity contribution in [2.75, 3.05) is 41.3 Å². The number of carbonyl (C=O) groups is 1. The molecular formula is C15H25BrN2O. The third-order valence-corrected chi connectivity index (χ3v) is 2.84. The third-order valence-electron chi connectivity index (χ3n) is 2.84. The van der Waals surface area contributed by atoms with E-state index in [2.05, 4.69) is 9.80 Å². The lowest BCUT2D eigenvalue weighted by atomic mass is 9.95. The molecule has 0 aromatic heterocycles. The summed E-state index contributed by atoms with van der Waals surface area (Å²) in [6.07, 6.45) is 0. The molecule has 0 unspecified atom stereocenters. The van der Waals surface area contributed by atoms with Gasteiger partial charge in [0.25, 0.3) is 0 Å². The summed E-state index contributed by atoms with van der Waals surface area (Å²) in [4.78, 5) is 16.7. The van der Waals surface area contributed by atoms with E-state index < -0.39 is 0 Å². The number of Topliss-reactive ketones (excluding diaryl/α,β-unsaturated/α-hetero) is 1. The highest BCUT2D eigenvalue weighted by Gasteiger charge is 2.21. The van der Waals surface area contributed by atoms with Gasteiger partial charge in [-0.2, -0.15) is 0 Å². The Labute approximate surface area is 127 Å². The molecule has 0 atom stereocenters. The second kappa shape index (κ2) is 8.46. The molecule has 0 amide bonds. The van der Waals surface area contributed by atoms with E-state index in [4.69, 9.17) is 0 Å². The molecule has 0 N–H and O–H groups in total. The van der Waals surface area contributed by atoms with Gasteiger partial charge in [0.15, 0.2) is 5.78 Å². The quantitative estimate of drug-likeness (QED) is 0.749. The Hall–Kier alpha value is -0.710. The molecule has 0 spiro atoms. The fraction of sp³-hybridized carbons (Fsp3) is 0.533. The predicted octanol–water partition coefficient (Wildman–Crippen LogP) is 2.50. The van der Waals surface area contributed by atoms with Crippen LogP contribution in [0.4, 0.5) is 0 Å². The normalized spacial score (nSPS) is 10.9. The molecule has 0 heterocycles. The Kier molecular flexibility index (Phi) is 8.14. The predicted molar refractivity (Wildman–Crippen MR) is 86.4 cm³/mol. The number of ketones is 1. The first-order valence-electron chi connectivity index (χ1n) is 6.30. The first-order chi connectivity index (χ1) is 8.40. The molecule has 3 nitrogen and oxygen atoms in total. The topological polar surface area (TPSA) is 23.6 Å². The van der Waals surface area contributed by atoms with Crippen molar-refractivity contribution in [3.8, 4) is 0 Å². The van der Waals surface area contributed by atoms with E-state index in [0.29, 0.717) is 0 Å². The lowest BCUT2D eigenvalue weighted by Crippen LogP contribution is -2.35. The SMILES string of the molecule is Br.Cc1cccc(C(=O)C(CN(C)C)CN(C)C)c1. The van der Waals surface area contributed by atoms with Crippen molar-refractivity contribution in [2.24, 2.45) is 5.92 Å². The zero-order valence-electron chi connectivity index (χ0n) is 12.5. The number of benzene rings is 1. The zero-order chi connectivity index (χ0) is 13.7. The van der Waals surface area contributed by atoms with E-state index in [1.165, 1.54) is 0 Å². The maximum atomic E-state index is 12.5. The number of nitrogens with zero attached hydrogens (tertiary/aromatic N) is 2. The number of aryl methyl sites for hydroxylation is 1. The van der Waals surface area contributed by atoms with Gasteiger partial charge in [0.05, 0.1) is 0 Å². The fourth-order valence-corrected chi connectivity index (χ4v) is 2.14. The molecule has 19 heavy (non-hydrogen) atoms. The Morgan fingerprint density at radius 1 is 1.11 bits per heavy atom. The number of carbonyl (C=O) groups excluding carboxylic acids is 1. The van der Waals surface area contributed by atoms with Gasteiger partial charge in [-0.3, -0.25) is 4.79 Å². The van der Waals surface area contributed by atoms with Gasteiger partial charge in [0.1, 0.15) is 0 Å². The van der Waals surface area contributed by atoms with Crippen LogP contribution in [0.25, 0.3) is 0 Å². The van der Waals surface area contributed by atoms with Crippen LogP contribution in [0.2, 0.25) is 0 Å². The summed E-state index contributed by atoms with van der Waals surface area (Å²) < 4.78 is 0. The van der Waals surface area contributed by atoms with Crippen molar-refractivity contribution < 1.29 is 4.79 Å². The Bertz CT molecular complexity index is 395. The van der Waals surface area contributed by atoms with E-state index in [1.807, 2.05) is 59.4 Å². The third kappa shape index (κ3) is 6.32. The Morgan fingerprint density at radius 3 is 2.05 bits per heavy atom. The minimum Gasteiger partial charge on any atom is -0.309 e. The van der Waals surface area contributed by atoms with Crippen LogP contribution in [-0.2, 0) is 0 Å². The molecule has 0 aliphatic heterocycles. The lowest BCUT2D eigenvalue weighted by Gasteiger charge is -2.23. The molecule has 4 heteroatoms. The van der Waals surface area contributed by atoms with Gasteiger partial charge in [-0.15, -0.1) is 17.0 Å². The first kappa shape index (κ1) is 18.3. The number of hydrogen-bond donors (Lipinski definition) is 0. The van der Waals surface area contributed by atoms with Crippen molar-refractivity contribution >= 4 is 22.8 Å². The standard InChI is InChI=1S/C15H24N2O.BrH/c1-12-7-6-8-13(9-12)15(18)14(10-16(2)3)11-17(4)5;/h6-9,14H,10-11H2,1-5H3;1H. The number of halogens is 1. The summed E-state index contributed by atoms with van der Waals surface area (Å²) in [6.45, 7) is 3.58. The van der Waals surface area contributed by atoms with Crippen molar-refractivity contribution in [3.63, 3.8) is 0 Å². The van der Waals surface area contributed by atoms with Gasteiger partial charge in [-0.05, 0) is 41.2 Å². The van der Waals surface area contributed by atoms with Crippen LogP contribution in [0.1, 0.15) is 15.9 Å². The molecule has 0 saturated carbocycles. The maximum absolute atomic E-state index is 12.5. The summed E-state index contributed by atoms with van der Waals surface area (Å²) in [5.74, 6) is 0.262. The Morgan fingerprint density at radius 2 is 1.63 bits per heavy atom. The fourth-order valence-electron chi connectivity index (χ4n) is 2.14. The van der Waals surface area contributed by atoms with Crippen LogP contribution in [0.5, 0.6) is 0 Å². The minimum atomic E-state index is 0. The van der Waals surface area contributed by atoms with Crippen LogP contribution in [0.15, 0.2) is 24.3 Å². The van der Waals surface area contributed by atoms with Crippen LogP contribution in [-0.4, -0.2) is 56.9 Å². The van der Waals surface area contributed by atoms with Crippen molar-refractivity contribution in [1.29, 1.82) is 0 Å². The monoisotopic (exact) mass is 328 g/mol. The van der Waals surface area contributed by atoms with Gasteiger partial charge in [0, 0.05) is 24.6 Å². The summed E-state index contributed by atoms with van der Waals surface area (Å²) in [5, 5.41) is 0. The van der Waals surface area contributed by atoms with Crippen LogP contribution in [0.3, 0.4) is 0 Å². The van der Waals surface area contributed by atoms with Crippen molar-refractivity contribution in [2.45, 2.75) is 6.92 Å². The van der Waals surface area contributed by atoms with Crippen molar-refractivity contribution in [1.82, 2.24) is 9.80 Å². The summed E-state index contributed by atoms with van der Waals surface area (Å²) >= 11 is 0. The van der Waals surface area contributed by atoms with E-state index in [1.54, 1.807) is 0 Å². The van der Waals surface area contributed by atoms with Gasteiger partial charge in [-0.25, -0.2) is 0 Å². The van der Waals surface area contributed by atoms with E-state index in [-0.39, 0.29) is 28.7 Å². The molecule has 0 saturated heterocycles. The van der Waals surface area contributed by atoms with E-state index in [9.17, 15) is 4.79 Å². The summed E-state index contributed by atoms with van der Waals surface area (Å²) in [5.41, 5.74) is 1.96. The number of rotatable bonds is 6. The highest BCUT2D eigenvalue weighted by Crippen LogP contribution is 2.12. The molecule has 0 aliphatic rings. The molecule has 108 valence electrons. The van der Waals surface area contributed by atoms with Gasteiger partial charge < -0.3 is 9.80 Å². The van der Waals surface area contributed by atoms with Gasteiger partial charge >= 0.3 is 0 Å². The molecule has 0 fully saturated rings. The smallest absolute Gasteiger partial charge is 0.168 e. The van der Waals surface area contributed by atoms with Crippen molar-refractivity contribution in [3.05, 3.63) is 35.4 Å². The molecule has 0 aliphatic carbocycles.